The summed E-state index contributed by atoms with van der Waals surface area (Å²) in [6, 6.07) is 6.33. The van der Waals surface area contributed by atoms with Crippen LogP contribution in [0.1, 0.15) is 0 Å². The van der Waals surface area contributed by atoms with E-state index in [4.69, 9.17) is 5.73 Å². The first-order chi connectivity index (χ1) is 8.60. The number of hydrogen-bond donors (Lipinski definition) is 3. The van der Waals surface area contributed by atoms with Gasteiger partial charge in [0.15, 0.2) is 0 Å². The molecule has 2 aromatic rings. The zero-order valence-corrected chi connectivity index (χ0v) is 11.1. The first-order valence-corrected chi connectivity index (χ1v) is 5.93. The van der Waals surface area contributed by atoms with Gasteiger partial charge in [0, 0.05) is 17.6 Å². The van der Waals surface area contributed by atoms with E-state index in [0.717, 1.165) is 0 Å². The lowest BCUT2D eigenvalue weighted by atomic mass is 10.3. The van der Waals surface area contributed by atoms with Crippen molar-refractivity contribution >= 4 is 39.2 Å². The molecule has 1 aromatic carbocycles. The molecule has 18 heavy (non-hydrogen) atoms. The van der Waals surface area contributed by atoms with Crippen LogP contribution in [0.15, 0.2) is 28.7 Å². The lowest BCUT2D eigenvalue weighted by molar-refractivity contribution is 0.631. The summed E-state index contributed by atoms with van der Waals surface area (Å²) in [7, 11) is 1.71. The zero-order valence-electron chi connectivity index (χ0n) is 9.54. The second kappa shape index (κ2) is 5.18. The van der Waals surface area contributed by atoms with Crippen molar-refractivity contribution in [3.05, 3.63) is 34.6 Å². The fourth-order valence-electron chi connectivity index (χ4n) is 1.40. The summed E-state index contributed by atoms with van der Waals surface area (Å²) in [5.74, 6) is 0.694. The van der Waals surface area contributed by atoms with Crippen LogP contribution in [0.3, 0.4) is 0 Å². The molecule has 2 rings (SSSR count). The molecule has 0 saturated carbocycles. The molecule has 0 aliphatic carbocycles. The molecule has 0 aliphatic rings. The van der Waals surface area contributed by atoms with E-state index in [0.29, 0.717) is 21.8 Å². The Bertz CT molecular complexity index is 555. The highest BCUT2D eigenvalue weighted by Crippen LogP contribution is 2.28. The normalized spacial score (nSPS) is 10.2. The van der Waals surface area contributed by atoms with Gasteiger partial charge in [-0.05, 0) is 28.1 Å². The number of nitrogens with zero attached hydrogens (tertiary/aromatic N) is 2. The van der Waals surface area contributed by atoms with Crippen molar-refractivity contribution in [2.75, 3.05) is 23.4 Å². The van der Waals surface area contributed by atoms with Gasteiger partial charge in [-0.25, -0.2) is 4.39 Å². The summed E-state index contributed by atoms with van der Waals surface area (Å²) >= 11 is 3.27. The average molecular weight is 312 g/mol. The van der Waals surface area contributed by atoms with E-state index in [2.05, 4.69) is 36.5 Å². The van der Waals surface area contributed by atoms with Crippen molar-refractivity contribution in [1.29, 1.82) is 0 Å². The minimum absolute atomic E-state index is 0.108. The molecule has 0 bridgehead atoms. The monoisotopic (exact) mass is 311 g/mol. The Labute approximate surface area is 112 Å². The SMILES string of the molecule is CNc1cc(Nc2c(F)cccc2Br)nc(N)n1. The number of benzene rings is 1. The van der Waals surface area contributed by atoms with E-state index in [1.807, 2.05) is 0 Å². The third kappa shape index (κ3) is 2.67. The molecule has 94 valence electrons. The third-order valence-electron chi connectivity index (χ3n) is 2.22. The molecule has 5 nitrogen and oxygen atoms in total. The molecule has 0 radical (unpaired) electrons. The Hall–Kier alpha value is -1.89. The topological polar surface area (TPSA) is 75.9 Å². The highest BCUT2D eigenvalue weighted by atomic mass is 79.9. The molecular formula is C11H11BrFN5. The van der Waals surface area contributed by atoms with Gasteiger partial charge in [0.25, 0.3) is 0 Å². The van der Waals surface area contributed by atoms with Gasteiger partial charge in [-0.15, -0.1) is 0 Å². The molecule has 0 spiro atoms. The van der Waals surface area contributed by atoms with Crippen molar-refractivity contribution < 1.29 is 4.39 Å². The second-order valence-corrected chi connectivity index (χ2v) is 4.32. The number of anilines is 4. The van der Waals surface area contributed by atoms with E-state index in [1.54, 1.807) is 25.2 Å². The van der Waals surface area contributed by atoms with E-state index in [1.165, 1.54) is 6.07 Å². The standard InChI is InChI=1S/C11H11BrFN5/c1-15-8-5-9(18-11(14)17-8)16-10-6(12)3-2-4-7(10)13/h2-5H,1H3,(H4,14,15,16,17,18). The van der Waals surface area contributed by atoms with Gasteiger partial charge in [-0.3, -0.25) is 0 Å². The van der Waals surface area contributed by atoms with Crippen LogP contribution >= 0.6 is 15.9 Å². The Morgan fingerprint density at radius 1 is 1.28 bits per heavy atom. The van der Waals surface area contributed by atoms with Gasteiger partial charge in [0.2, 0.25) is 5.95 Å². The Balaban J connectivity index is 2.37. The fourth-order valence-corrected chi connectivity index (χ4v) is 1.84. The van der Waals surface area contributed by atoms with Crippen LogP contribution in [0.25, 0.3) is 0 Å². The van der Waals surface area contributed by atoms with Crippen molar-refractivity contribution in [3.63, 3.8) is 0 Å². The van der Waals surface area contributed by atoms with Crippen LogP contribution in [0.4, 0.5) is 27.7 Å². The van der Waals surface area contributed by atoms with Crippen molar-refractivity contribution in [1.82, 2.24) is 9.97 Å². The minimum atomic E-state index is -0.382. The minimum Gasteiger partial charge on any atom is -0.373 e. The molecule has 0 saturated heterocycles. The number of rotatable bonds is 3. The van der Waals surface area contributed by atoms with Crippen LogP contribution in [-0.4, -0.2) is 17.0 Å². The molecule has 0 aliphatic heterocycles. The number of nitrogen functional groups attached to an aromatic ring is 1. The van der Waals surface area contributed by atoms with Gasteiger partial charge < -0.3 is 16.4 Å². The van der Waals surface area contributed by atoms with Crippen LogP contribution in [0.2, 0.25) is 0 Å². The predicted octanol–water partition coefficient (Wildman–Crippen LogP) is 2.75. The van der Waals surface area contributed by atoms with E-state index < -0.39 is 0 Å². The number of nitrogens with one attached hydrogen (secondary N) is 2. The Kier molecular flexibility index (Phi) is 3.61. The molecule has 1 aromatic heterocycles. The number of nitrogens with two attached hydrogens (primary N) is 1. The molecule has 0 unspecified atom stereocenters. The van der Waals surface area contributed by atoms with Gasteiger partial charge in [-0.1, -0.05) is 6.07 Å². The van der Waals surface area contributed by atoms with Crippen LogP contribution in [0, 0.1) is 5.82 Å². The van der Waals surface area contributed by atoms with Gasteiger partial charge >= 0.3 is 0 Å². The largest absolute Gasteiger partial charge is 0.373 e. The third-order valence-corrected chi connectivity index (χ3v) is 2.88. The number of halogens is 2. The van der Waals surface area contributed by atoms with Crippen molar-refractivity contribution in [2.24, 2.45) is 0 Å². The van der Waals surface area contributed by atoms with E-state index in [9.17, 15) is 4.39 Å². The maximum Gasteiger partial charge on any atom is 0.223 e. The average Bonchev–Trinajstić information content (AvgIpc) is 2.33. The molecule has 0 fully saturated rings. The van der Waals surface area contributed by atoms with Crippen molar-refractivity contribution in [3.8, 4) is 0 Å². The lowest BCUT2D eigenvalue weighted by Gasteiger charge is -2.10. The van der Waals surface area contributed by atoms with Crippen LogP contribution < -0.4 is 16.4 Å². The smallest absolute Gasteiger partial charge is 0.223 e. The van der Waals surface area contributed by atoms with Gasteiger partial charge in [-0.2, -0.15) is 9.97 Å². The van der Waals surface area contributed by atoms with Crippen LogP contribution in [0.5, 0.6) is 0 Å². The first kappa shape index (κ1) is 12.6. The zero-order chi connectivity index (χ0) is 13.1. The Morgan fingerprint density at radius 2 is 2.00 bits per heavy atom. The summed E-state index contributed by atoms with van der Waals surface area (Å²) < 4.78 is 14.2. The fraction of sp³-hybridized carbons (Fsp3) is 0.0909. The maximum absolute atomic E-state index is 13.6. The number of para-hydroxylation sites is 1. The summed E-state index contributed by atoms with van der Waals surface area (Å²) in [6.07, 6.45) is 0. The number of hydrogen-bond acceptors (Lipinski definition) is 5. The number of aromatic nitrogens is 2. The van der Waals surface area contributed by atoms with Crippen LogP contribution in [-0.2, 0) is 0 Å². The predicted molar refractivity (Wildman–Crippen MR) is 73.4 cm³/mol. The Morgan fingerprint density at radius 3 is 2.67 bits per heavy atom. The van der Waals surface area contributed by atoms with Gasteiger partial charge in [0.1, 0.15) is 17.5 Å². The highest BCUT2D eigenvalue weighted by Gasteiger charge is 2.08. The summed E-state index contributed by atoms with van der Waals surface area (Å²) in [5.41, 5.74) is 5.86. The summed E-state index contributed by atoms with van der Waals surface area (Å²) in [4.78, 5) is 7.94. The lowest BCUT2D eigenvalue weighted by Crippen LogP contribution is -2.04. The summed E-state index contributed by atoms with van der Waals surface area (Å²) in [5, 5.41) is 5.71. The van der Waals surface area contributed by atoms with E-state index >= 15 is 0 Å². The molecular weight excluding hydrogens is 301 g/mol. The van der Waals surface area contributed by atoms with Gasteiger partial charge in [0.05, 0.1) is 5.69 Å². The second-order valence-electron chi connectivity index (χ2n) is 3.47. The summed E-state index contributed by atoms with van der Waals surface area (Å²) in [6.45, 7) is 0. The highest BCUT2D eigenvalue weighted by molar-refractivity contribution is 9.10. The molecule has 4 N–H and O–H groups in total. The maximum atomic E-state index is 13.6. The first-order valence-electron chi connectivity index (χ1n) is 5.13. The molecule has 1 heterocycles. The quantitative estimate of drug-likeness (QED) is 0.812. The molecule has 0 amide bonds. The van der Waals surface area contributed by atoms with Crippen molar-refractivity contribution in [2.45, 2.75) is 0 Å². The molecule has 7 heteroatoms. The molecule has 0 atom stereocenters. The van der Waals surface area contributed by atoms with E-state index in [-0.39, 0.29) is 11.8 Å².